The molecule has 0 fully saturated rings. The Hall–Kier alpha value is -1.64. The number of hydrogen-bond acceptors (Lipinski definition) is 2. The van der Waals surface area contributed by atoms with Crippen molar-refractivity contribution in [2.45, 2.75) is 12.0 Å². The first-order valence-corrected chi connectivity index (χ1v) is 6.72. The summed E-state index contributed by atoms with van der Waals surface area (Å²) in [5.41, 5.74) is 2.12. The molecule has 2 nitrogen and oxygen atoms in total. The lowest BCUT2D eigenvalue weighted by Crippen LogP contribution is -2.52. The largest absolute Gasteiger partial charge is 0.296 e. The first kappa shape index (κ1) is 12.4. The molecule has 0 saturated carbocycles. The Kier molecular flexibility index (Phi) is 3.13. The highest BCUT2D eigenvalue weighted by molar-refractivity contribution is 6.66. The summed E-state index contributed by atoms with van der Waals surface area (Å²) < 4.78 is 0. The van der Waals surface area contributed by atoms with E-state index in [0.717, 1.165) is 24.1 Å². The summed E-state index contributed by atoms with van der Waals surface area (Å²) in [5.74, 6) is 0. The number of hydrogen-bond donors (Lipinski definition) is 1. The Labute approximate surface area is 117 Å². The minimum absolute atomic E-state index is 0.383. The summed E-state index contributed by atoms with van der Waals surface area (Å²) in [6.07, 6.45) is 0.912. The standard InChI is InChI=1S/C16H14ClNO/c17-15(19)16(13-7-2-1-3-8-13)14-9-5-4-6-12(14)10-11-18-16/h1-9,18H,10-11H2. The first-order valence-electron chi connectivity index (χ1n) is 6.34. The van der Waals surface area contributed by atoms with Crippen molar-refractivity contribution in [3.8, 4) is 0 Å². The van der Waals surface area contributed by atoms with Gasteiger partial charge in [-0.25, -0.2) is 0 Å². The zero-order valence-electron chi connectivity index (χ0n) is 10.4. The van der Waals surface area contributed by atoms with E-state index in [1.54, 1.807) is 0 Å². The third-order valence-electron chi connectivity index (χ3n) is 3.71. The van der Waals surface area contributed by atoms with Gasteiger partial charge in [-0.05, 0) is 34.7 Å². The number of carbonyl (C=O) groups is 1. The summed E-state index contributed by atoms with van der Waals surface area (Å²) in [6.45, 7) is 0.740. The fourth-order valence-electron chi connectivity index (χ4n) is 2.82. The second-order valence-corrected chi connectivity index (χ2v) is 5.07. The van der Waals surface area contributed by atoms with Crippen LogP contribution in [-0.4, -0.2) is 11.8 Å². The number of halogens is 1. The Morgan fingerprint density at radius 1 is 1.05 bits per heavy atom. The van der Waals surface area contributed by atoms with Crippen molar-refractivity contribution < 1.29 is 4.79 Å². The molecule has 3 rings (SSSR count). The monoisotopic (exact) mass is 271 g/mol. The fourth-order valence-corrected chi connectivity index (χ4v) is 3.10. The van der Waals surface area contributed by atoms with Crippen LogP contribution in [-0.2, 0) is 16.8 Å². The number of carbonyl (C=O) groups excluding carboxylic acids is 1. The van der Waals surface area contributed by atoms with Crippen molar-refractivity contribution in [3.63, 3.8) is 0 Å². The van der Waals surface area contributed by atoms with Gasteiger partial charge in [0.2, 0.25) is 0 Å². The van der Waals surface area contributed by atoms with E-state index in [2.05, 4.69) is 11.4 Å². The molecule has 0 bridgehead atoms. The smallest absolute Gasteiger partial charge is 0.250 e. The minimum Gasteiger partial charge on any atom is -0.296 e. The zero-order valence-corrected chi connectivity index (χ0v) is 11.2. The Morgan fingerprint density at radius 3 is 2.47 bits per heavy atom. The van der Waals surface area contributed by atoms with Crippen LogP contribution in [0, 0.1) is 0 Å². The molecule has 0 radical (unpaired) electrons. The van der Waals surface area contributed by atoms with Crippen LogP contribution in [0.25, 0.3) is 0 Å². The van der Waals surface area contributed by atoms with E-state index in [1.165, 1.54) is 5.56 Å². The van der Waals surface area contributed by atoms with Crippen LogP contribution in [0.15, 0.2) is 54.6 Å². The van der Waals surface area contributed by atoms with Crippen LogP contribution in [0.1, 0.15) is 16.7 Å². The maximum atomic E-state index is 12.2. The van der Waals surface area contributed by atoms with Gasteiger partial charge in [-0.1, -0.05) is 54.6 Å². The van der Waals surface area contributed by atoms with Crippen LogP contribution in [0.2, 0.25) is 0 Å². The third kappa shape index (κ3) is 1.88. The van der Waals surface area contributed by atoms with Crippen molar-refractivity contribution in [1.29, 1.82) is 0 Å². The van der Waals surface area contributed by atoms with Crippen LogP contribution in [0.5, 0.6) is 0 Å². The fraction of sp³-hybridized carbons (Fsp3) is 0.188. The quantitative estimate of drug-likeness (QED) is 0.851. The molecule has 1 N–H and O–H groups in total. The number of benzene rings is 2. The molecule has 1 aliphatic rings. The number of fused-ring (bicyclic) bond motifs is 1. The molecule has 2 aromatic rings. The van der Waals surface area contributed by atoms with E-state index in [4.69, 9.17) is 11.6 Å². The second-order valence-electron chi connectivity index (χ2n) is 4.72. The molecular weight excluding hydrogens is 258 g/mol. The summed E-state index contributed by atoms with van der Waals surface area (Å²) in [5, 5.41) is 2.94. The summed E-state index contributed by atoms with van der Waals surface area (Å²) in [4.78, 5) is 12.2. The van der Waals surface area contributed by atoms with Crippen molar-refractivity contribution in [1.82, 2.24) is 5.32 Å². The molecular formula is C16H14ClNO. The Balaban J connectivity index is 2.27. The van der Waals surface area contributed by atoms with Gasteiger partial charge in [-0.2, -0.15) is 0 Å². The van der Waals surface area contributed by atoms with Crippen molar-refractivity contribution in [3.05, 3.63) is 71.3 Å². The third-order valence-corrected chi connectivity index (χ3v) is 3.99. The van der Waals surface area contributed by atoms with Crippen LogP contribution in [0.4, 0.5) is 0 Å². The summed E-state index contributed by atoms with van der Waals surface area (Å²) in [6, 6.07) is 17.7. The highest BCUT2D eigenvalue weighted by Gasteiger charge is 2.43. The van der Waals surface area contributed by atoms with Crippen molar-refractivity contribution >= 4 is 16.8 Å². The van der Waals surface area contributed by atoms with Gasteiger partial charge in [0.1, 0.15) is 5.54 Å². The lowest BCUT2D eigenvalue weighted by Gasteiger charge is -2.37. The van der Waals surface area contributed by atoms with Crippen LogP contribution >= 0.6 is 11.6 Å². The number of rotatable bonds is 2. The summed E-state index contributed by atoms with van der Waals surface area (Å²) >= 11 is 5.97. The average molecular weight is 272 g/mol. The molecule has 0 amide bonds. The van der Waals surface area contributed by atoms with Gasteiger partial charge in [-0.15, -0.1) is 0 Å². The zero-order chi connectivity index (χ0) is 13.3. The highest BCUT2D eigenvalue weighted by Crippen LogP contribution is 2.36. The van der Waals surface area contributed by atoms with Crippen LogP contribution in [0.3, 0.4) is 0 Å². The van der Waals surface area contributed by atoms with E-state index < -0.39 is 5.54 Å². The molecule has 0 saturated heterocycles. The molecule has 0 aliphatic carbocycles. The molecule has 0 aromatic heterocycles. The maximum absolute atomic E-state index is 12.2. The Bertz CT molecular complexity index is 611. The molecule has 1 atom stereocenters. The van der Waals surface area contributed by atoms with Crippen LogP contribution < -0.4 is 5.32 Å². The molecule has 3 heteroatoms. The SMILES string of the molecule is O=C(Cl)C1(c2ccccc2)NCCc2ccccc21. The number of nitrogens with one attached hydrogen (secondary N) is 1. The van der Waals surface area contributed by atoms with Crippen molar-refractivity contribution in [2.75, 3.05) is 6.54 Å². The topological polar surface area (TPSA) is 29.1 Å². The molecule has 1 aliphatic heterocycles. The van der Waals surface area contributed by atoms with E-state index in [-0.39, 0.29) is 5.24 Å². The second kappa shape index (κ2) is 4.80. The molecule has 0 spiro atoms. The Morgan fingerprint density at radius 2 is 1.74 bits per heavy atom. The van der Waals surface area contributed by atoms with E-state index >= 15 is 0 Å². The average Bonchev–Trinajstić information content (AvgIpc) is 2.47. The van der Waals surface area contributed by atoms with Gasteiger partial charge in [-0.3, -0.25) is 10.1 Å². The first-order chi connectivity index (χ1) is 9.25. The van der Waals surface area contributed by atoms with Gasteiger partial charge in [0.05, 0.1) is 0 Å². The molecule has 1 unspecified atom stereocenters. The highest BCUT2D eigenvalue weighted by atomic mass is 35.5. The molecule has 2 aromatic carbocycles. The minimum atomic E-state index is -0.919. The van der Waals surface area contributed by atoms with Gasteiger partial charge in [0.25, 0.3) is 5.24 Å². The predicted molar refractivity (Wildman–Crippen MR) is 76.2 cm³/mol. The van der Waals surface area contributed by atoms with Gasteiger partial charge < -0.3 is 0 Å². The molecule has 19 heavy (non-hydrogen) atoms. The summed E-state index contributed by atoms with van der Waals surface area (Å²) in [7, 11) is 0. The lowest BCUT2D eigenvalue weighted by atomic mass is 9.78. The predicted octanol–water partition coefficient (Wildman–Crippen LogP) is 2.84. The van der Waals surface area contributed by atoms with Gasteiger partial charge >= 0.3 is 0 Å². The van der Waals surface area contributed by atoms with E-state index in [9.17, 15) is 4.79 Å². The lowest BCUT2D eigenvalue weighted by molar-refractivity contribution is -0.116. The van der Waals surface area contributed by atoms with Gasteiger partial charge in [0.15, 0.2) is 0 Å². The van der Waals surface area contributed by atoms with Gasteiger partial charge in [0, 0.05) is 6.54 Å². The normalized spacial score (nSPS) is 21.7. The van der Waals surface area contributed by atoms with E-state index in [0.29, 0.717) is 0 Å². The molecule has 1 heterocycles. The van der Waals surface area contributed by atoms with Crippen molar-refractivity contribution in [2.24, 2.45) is 0 Å². The van der Waals surface area contributed by atoms with E-state index in [1.807, 2.05) is 48.5 Å². The molecule has 96 valence electrons. The maximum Gasteiger partial charge on any atom is 0.250 e.